The van der Waals surface area contributed by atoms with Crippen molar-refractivity contribution in [2.75, 3.05) is 0 Å². The van der Waals surface area contributed by atoms with Crippen molar-refractivity contribution in [1.29, 1.82) is 0 Å². The number of carbonyl (C=O) groups is 2. The Morgan fingerprint density at radius 3 is 2.76 bits per heavy atom. The van der Waals surface area contributed by atoms with Gasteiger partial charge in [0.05, 0.1) is 0 Å². The highest BCUT2D eigenvalue weighted by Crippen LogP contribution is 2.19. The van der Waals surface area contributed by atoms with Gasteiger partial charge >= 0.3 is 5.97 Å². The van der Waals surface area contributed by atoms with Crippen molar-refractivity contribution >= 4 is 33.5 Å². The molecule has 1 amide bonds. The summed E-state index contributed by atoms with van der Waals surface area (Å²) in [6.45, 7) is 1.86. The van der Waals surface area contributed by atoms with E-state index in [-0.39, 0.29) is 23.7 Å². The smallest absolute Gasteiger partial charge is 0.354 e. The molecular formula is C17H13BrFN3O3. The minimum Gasteiger partial charge on any atom is -0.477 e. The number of fused-ring (bicyclic) bond motifs is 1. The predicted molar refractivity (Wildman–Crippen MR) is 92.2 cm³/mol. The Hall–Kier alpha value is -2.74. The highest BCUT2D eigenvalue weighted by Gasteiger charge is 2.17. The van der Waals surface area contributed by atoms with Crippen LogP contribution in [0.25, 0.3) is 5.65 Å². The lowest BCUT2D eigenvalue weighted by atomic mass is 10.1. The van der Waals surface area contributed by atoms with Crippen molar-refractivity contribution in [3.05, 3.63) is 69.3 Å². The number of carbonyl (C=O) groups excluding carboxylic acids is 1. The number of nitrogens with one attached hydrogen (secondary N) is 1. The van der Waals surface area contributed by atoms with Gasteiger partial charge in [0, 0.05) is 17.2 Å². The molecule has 0 aliphatic rings. The van der Waals surface area contributed by atoms with E-state index in [0.717, 1.165) is 5.56 Å². The van der Waals surface area contributed by atoms with Gasteiger partial charge in [-0.3, -0.25) is 9.20 Å². The second-order valence-electron chi connectivity index (χ2n) is 5.46. The first-order valence-corrected chi connectivity index (χ1v) is 8.10. The van der Waals surface area contributed by atoms with Crippen molar-refractivity contribution < 1.29 is 19.1 Å². The molecule has 2 N–H and O–H groups in total. The fourth-order valence-corrected chi connectivity index (χ4v) is 2.93. The van der Waals surface area contributed by atoms with Crippen LogP contribution in [0.15, 0.2) is 41.0 Å². The van der Waals surface area contributed by atoms with Gasteiger partial charge in [0.2, 0.25) is 0 Å². The van der Waals surface area contributed by atoms with E-state index >= 15 is 0 Å². The zero-order chi connectivity index (χ0) is 18.1. The van der Waals surface area contributed by atoms with E-state index in [1.54, 1.807) is 31.2 Å². The van der Waals surface area contributed by atoms with E-state index < -0.39 is 11.9 Å². The SMILES string of the molecule is Cc1cc(CNC(=O)c2cn3c(C(=O)O)c(Br)ccc3n2)ccc1F. The van der Waals surface area contributed by atoms with Crippen molar-refractivity contribution in [2.45, 2.75) is 13.5 Å². The highest BCUT2D eigenvalue weighted by atomic mass is 79.9. The summed E-state index contributed by atoms with van der Waals surface area (Å²) < 4.78 is 15.0. The van der Waals surface area contributed by atoms with Crippen LogP contribution < -0.4 is 5.32 Å². The molecule has 0 spiro atoms. The lowest BCUT2D eigenvalue weighted by molar-refractivity contribution is 0.0687. The van der Waals surface area contributed by atoms with Crippen LogP contribution in [0.2, 0.25) is 0 Å². The number of halogens is 2. The van der Waals surface area contributed by atoms with Crippen LogP contribution >= 0.6 is 15.9 Å². The molecule has 3 rings (SSSR count). The first-order valence-electron chi connectivity index (χ1n) is 7.31. The first-order chi connectivity index (χ1) is 11.9. The van der Waals surface area contributed by atoms with Gasteiger partial charge in [0.15, 0.2) is 0 Å². The minimum atomic E-state index is -1.14. The van der Waals surface area contributed by atoms with Gasteiger partial charge < -0.3 is 10.4 Å². The molecule has 0 saturated carbocycles. The predicted octanol–water partition coefficient (Wildman–Crippen LogP) is 3.17. The fraction of sp³-hybridized carbons (Fsp3) is 0.118. The molecule has 0 aliphatic heterocycles. The van der Waals surface area contributed by atoms with Crippen LogP contribution in [0.5, 0.6) is 0 Å². The van der Waals surface area contributed by atoms with E-state index in [0.29, 0.717) is 15.7 Å². The maximum atomic E-state index is 13.3. The van der Waals surface area contributed by atoms with Crippen molar-refractivity contribution in [3.8, 4) is 0 Å². The molecule has 0 fully saturated rings. The quantitative estimate of drug-likeness (QED) is 0.697. The summed E-state index contributed by atoms with van der Waals surface area (Å²) in [7, 11) is 0. The second-order valence-corrected chi connectivity index (χ2v) is 6.31. The average Bonchev–Trinajstić information content (AvgIpc) is 2.99. The Labute approximate surface area is 150 Å². The summed E-state index contributed by atoms with van der Waals surface area (Å²) in [6, 6.07) is 7.76. The molecule has 3 aromatic rings. The van der Waals surface area contributed by atoms with Crippen LogP contribution in [-0.4, -0.2) is 26.4 Å². The number of benzene rings is 1. The van der Waals surface area contributed by atoms with Gasteiger partial charge in [0.1, 0.15) is 22.9 Å². The van der Waals surface area contributed by atoms with Crippen molar-refractivity contribution in [1.82, 2.24) is 14.7 Å². The summed E-state index contributed by atoms with van der Waals surface area (Å²) in [5.41, 5.74) is 1.68. The van der Waals surface area contributed by atoms with E-state index in [9.17, 15) is 19.1 Å². The highest BCUT2D eigenvalue weighted by molar-refractivity contribution is 9.10. The van der Waals surface area contributed by atoms with Gasteiger partial charge in [-0.2, -0.15) is 0 Å². The molecule has 0 unspecified atom stereocenters. The molecule has 0 aliphatic carbocycles. The number of pyridine rings is 1. The number of nitrogens with zero attached hydrogens (tertiary/aromatic N) is 2. The normalized spacial score (nSPS) is 10.8. The molecule has 0 atom stereocenters. The second kappa shape index (κ2) is 6.64. The molecule has 0 saturated heterocycles. The molecule has 25 heavy (non-hydrogen) atoms. The maximum Gasteiger partial charge on any atom is 0.354 e. The Balaban J connectivity index is 1.84. The summed E-state index contributed by atoms with van der Waals surface area (Å²) in [6.07, 6.45) is 1.37. The molecule has 0 radical (unpaired) electrons. The summed E-state index contributed by atoms with van der Waals surface area (Å²) in [5, 5.41) is 12.0. The third-order valence-corrected chi connectivity index (χ3v) is 4.33. The average molecular weight is 406 g/mol. The lowest BCUT2D eigenvalue weighted by Crippen LogP contribution is -2.23. The van der Waals surface area contributed by atoms with E-state index in [4.69, 9.17) is 0 Å². The molecule has 1 aromatic carbocycles. The van der Waals surface area contributed by atoms with Crippen LogP contribution in [-0.2, 0) is 6.54 Å². The Morgan fingerprint density at radius 1 is 1.32 bits per heavy atom. The number of rotatable bonds is 4. The van der Waals surface area contributed by atoms with Gasteiger partial charge in [-0.25, -0.2) is 14.2 Å². The number of hydrogen-bond acceptors (Lipinski definition) is 3. The van der Waals surface area contributed by atoms with Gasteiger partial charge in [-0.05, 0) is 52.2 Å². The fourth-order valence-electron chi connectivity index (χ4n) is 2.44. The number of carboxylic acid groups (broad SMARTS) is 1. The first kappa shape index (κ1) is 17.1. The summed E-state index contributed by atoms with van der Waals surface area (Å²) in [4.78, 5) is 27.8. The summed E-state index contributed by atoms with van der Waals surface area (Å²) in [5.74, 6) is -1.89. The maximum absolute atomic E-state index is 13.3. The van der Waals surface area contributed by atoms with Gasteiger partial charge in [0.25, 0.3) is 5.91 Å². The van der Waals surface area contributed by atoms with E-state index in [1.807, 2.05) is 0 Å². The third kappa shape index (κ3) is 3.39. The number of aryl methyl sites for hydroxylation is 1. The Morgan fingerprint density at radius 2 is 2.08 bits per heavy atom. The van der Waals surface area contributed by atoms with E-state index in [1.165, 1.54) is 16.7 Å². The number of imidazole rings is 1. The Bertz CT molecular complexity index is 1000. The standard InChI is InChI=1S/C17H13BrFN3O3/c1-9-6-10(2-4-12(9)19)7-20-16(23)13-8-22-14(21-13)5-3-11(18)15(22)17(24)25/h2-6,8H,7H2,1H3,(H,20,23)(H,24,25). The molecular weight excluding hydrogens is 393 g/mol. The number of aromatic nitrogens is 2. The lowest BCUT2D eigenvalue weighted by Gasteiger charge is -2.05. The molecule has 2 aromatic heterocycles. The molecule has 128 valence electrons. The molecule has 2 heterocycles. The van der Waals surface area contributed by atoms with Crippen LogP contribution in [0.1, 0.15) is 32.1 Å². The third-order valence-electron chi connectivity index (χ3n) is 3.69. The molecule has 0 bridgehead atoms. The van der Waals surface area contributed by atoms with E-state index in [2.05, 4.69) is 26.2 Å². The zero-order valence-electron chi connectivity index (χ0n) is 13.1. The number of carboxylic acids is 1. The van der Waals surface area contributed by atoms with Crippen molar-refractivity contribution in [3.63, 3.8) is 0 Å². The van der Waals surface area contributed by atoms with Gasteiger partial charge in [-0.1, -0.05) is 12.1 Å². The number of hydrogen-bond donors (Lipinski definition) is 2. The molecule has 6 nitrogen and oxygen atoms in total. The van der Waals surface area contributed by atoms with Crippen LogP contribution in [0.3, 0.4) is 0 Å². The minimum absolute atomic E-state index is 0.0155. The van der Waals surface area contributed by atoms with Gasteiger partial charge in [-0.15, -0.1) is 0 Å². The zero-order valence-corrected chi connectivity index (χ0v) is 14.7. The Kier molecular flexibility index (Phi) is 4.54. The largest absolute Gasteiger partial charge is 0.477 e. The van der Waals surface area contributed by atoms with Crippen LogP contribution in [0, 0.1) is 12.7 Å². The van der Waals surface area contributed by atoms with Crippen LogP contribution in [0.4, 0.5) is 4.39 Å². The topological polar surface area (TPSA) is 83.7 Å². The van der Waals surface area contributed by atoms with Crippen molar-refractivity contribution in [2.24, 2.45) is 0 Å². The summed E-state index contributed by atoms with van der Waals surface area (Å²) >= 11 is 3.18. The molecule has 8 heteroatoms. The number of amides is 1. The number of aromatic carboxylic acids is 1. The monoisotopic (exact) mass is 405 g/mol.